The molecule has 21 heavy (non-hydrogen) atoms. The maximum Gasteiger partial charge on any atom is 0.407 e. The summed E-state index contributed by atoms with van der Waals surface area (Å²) in [5, 5.41) is 2.60. The number of hydrogen-bond acceptors (Lipinski definition) is 4. The molecule has 0 aliphatic heterocycles. The molecule has 0 saturated heterocycles. The molecule has 0 radical (unpaired) electrons. The van der Waals surface area contributed by atoms with E-state index >= 15 is 0 Å². The highest BCUT2D eigenvalue weighted by Gasteiger charge is 2.21. The highest BCUT2D eigenvalue weighted by Crippen LogP contribution is 2.10. The summed E-state index contributed by atoms with van der Waals surface area (Å²) >= 11 is 0. The molecule has 0 aromatic heterocycles. The highest BCUT2D eigenvalue weighted by molar-refractivity contribution is 5.79. The van der Waals surface area contributed by atoms with Crippen LogP contribution in [0.15, 0.2) is 30.3 Å². The first kappa shape index (κ1) is 17.0. The van der Waals surface area contributed by atoms with E-state index in [2.05, 4.69) is 10.7 Å². The minimum Gasteiger partial charge on any atom is -0.444 e. The second-order valence-electron chi connectivity index (χ2n) is 5.78. The summed E-state index contributed by atoms with van der Waals surface area (Å²) in [5.41, 5.74) is 2.55. The number of carbonyl (C=O) groups is 2. The number of hydrogen-bond donors (Lipinski definition) is 3. The van der Waals surface area contributed by atoms with Gasteiger partial charge in [0.1, 0.15) is 5.60 Å². The molecule has 0 aliphatic carbocycles. The summed E-state index contributed by atoms with van der Waals surface area (Å²) in [5.74, 6) is 4.41. The molecular formula is C15H23N3O3. The van der Waals surface area contributed by atoms with Crippen LogP contribution >= 0.6 is 0 Å². The molecule has 6 nitrogen and oxygen atoms in total. The van der Waals surface area contributed by atoms with Crippen molar-refractivity contribution in [1.29, 1.82) is 0 Å². The number of nitrogens with two attached hydrogens (primary N) is 1. The van der Waals surface area contributed by atoms with Crippen LogP contribution in [-0.4, -0.2) is 24.1 Å². The fourth-order valence-corrected chi connectivity index (χ4v) is 1.79. The van der Waals surface area contributed by atoms with Gasteiger partial charge in [0.25, 0.3) is 0 Å². The van der Waals surface area contributed by atoms with Crippen molar-refractivity contribution >= 4 is 12.0 Å². The second-order valence-corrected chi connectivity index (χ2v) is 5.78. The Bertz CT molecular complexity index is 469. The SMILES string of the molecule is CC(C)(C)OC(=O)NC[C@@H](Cc1ccccc1)C(=O)NN. The van der Waals surface area contributed by atoms with Crippen molar-refractivity contribution in [3.05, 3.63) is 35.9 Å². The minimum absolute atomic E-state index is 0.160. The molecule has 4 N–H and O–H groups in total. The van der Waals surface area contributed by atoms with Crippen LogP contribution in [0.3, 0.4) is 0 Å². The third-order valence-corrected chi connectivity index (χ3v) is 2.73. The number of benzene rings is 1. The number of alkyl carbamates (subject to hydrolysis) is 1. The molecule has 6 heteroatoms. The van der Waals surface area contributed by atoms with Crippen LogP contribution in [0.2, 0.25) is 0 Å². The van der Waals surface area contributed by atoms with E-state index in [9.17, 15) is 9.59 Å². The first-order valence-corrected chi connectivity index (χ1v) is 6.83. The molecular weight excluding hydrogens is 270 g/mol. The van der Waals surface area contributed by atoms with Gasteiger partial charge in [-0.15, -0.1) is 0 Å². The van der Waals surface area contributed by atoms with E-state index in [1.807, 2.05) is 30.3 Å². The van der Waals surface area contributed by atoms with Crippen molar-refractivity contribution in [3.8, 4) is 0 Å². The lowest BCUT2D eigenvalue weighted by Gasteiger charge is -2.21. The van der Waals surface area contributed by atoms with Gasteiger partial charge in [0, 0.05) is 6.54 Å². The summed E-state index contributed by atoms with van der Waals surface area (Å²) in [6.07, 6.45) is -0.0648. The van der Waals surface area contributed by atoms with E-state index < -0.39 is 17.6 Å². The van der Waals surface area contributed by atoms with Gasteiger partial charge in [-0.3, -0.25) is 10.2 Å². The zero-order valence-electron chi connectivity index (χ0n) is 12.7. The van der Waals surface area contributed by atoms with Gasteiger partial charge in [0.2, 0.25) is 5.91 Å². The van der Waals surface area contributed by atoms with E-state index in [-0.39, 0.29) is 12.5 Å². The third-order valence-electron chi connectivity index (χ3n) is 2.73. The lowest BCUT2D eigenvalue weighted by molar-refractivity contribution is -0.124. The van der Waals surface area contributed by atoms with Crippen LogP contribution in [0.5, 0.6) is 0 Å². The Morgan fingerprint density at radius 2 is 1.86 bits per heavy atom. The standard InChI is InChI=1S/C15H23N3O3/c1-15(2,3)21-14(20)17-10-12(13(19)18-16)9-11-7-5-4-6-8-11/h4-8,12H,9-10,16H2,1-3H3,(H,17,20)(H,18,19)/t12-/m1/s1. The van der Waals surface area contributed by atoms with Crippen LogP contribution < -0.4 is 16.6 Å². The van der Waals surface area contributed by atoms with E-state index in [0.717, 1.165) is 5.56 Å². The van der Waals surface area contributed by atoms with E-state index in [1.165, 1.54) is 0 Å². The molecule has 0 heterocycles. The minimum atomic E-state index is -0.574. The van der Waals surface area contributed by atoms with E-state index in [4.69, 9.17) is 10.6 Å². The summed E-state index contributed by atoms with van der Waals surface area (Å²) in [4.78, 5) is 23.4. The van der Waals surface area contributed by atoms with Crippen LogP contribution in [0.25, 0.3) is 0 Å². The molecule has 0 saturated carbocycles. The Morgan fingerprint density at radius 1 is 1.24 bits per heavy atom. The zero-order chi connectivity index (χ0) is 15.9. The van der Waals surface area contributed by atoms with Crippen molar-refractivity contribution in [2.45, 2.75) is 32.8 Å². The molecule has 1 rings (SSSR count). The highest BCUT2D eigenvalue weighted by atomic mass is 16.6. The summed E-state index contributed by atoms with van der Waals surface area (Å²) in [6, 6.07) is 9.54. The Kier molecular flexibility index (Phi) is 6.17. The monoisotopic (exact) mass is 293 g/mol. The average Bonchev–Trinajstić information content (AvgIpc) is 2.41. The molecule has 1 aromatic carbocycles. The Morgan fingerprint density at radius 3 is 2.38 bits per heavy atom. The third kappa shape index (κ3) is 6.76. The maximum absolute atomic E-state index is 11.8. The van der Waals surface area contributed by atoms with E-state index in [0.29, 0.717) is 6.42 Å². The number of ether oxygens (including phenoxy) is 1. The van der Waals surface area contributed by atoms with Gasteiger partial charge in [-0.25, -0.2) is 10.6 Å². The van der Waals surface area contributed by atoms with Crippen molar-refractivity contribution in [1.82, 2.24) is 10.7 Å². The number of amides is 2. The Labute approximate surface area is 125 Å². The van der Waals surface area contributed by atoms with Crippen molar-refractivity contribution in [2.75, 3.05) is 6.54 Å². The molecule has 2 amide bonds. The molecule has 0 fully saturated rings. The van der Waals surface area contributed by atoms with Gasteiger partial charge in [-0.2, -0.15) is 0 Å². The number of carbonyl (C=O) groups excluding carboxylic acids is 2. The van der Waals surface area contributed by atoms with Crippen molar-refractivity contribution in [3.63, 3.8) is 0 Å². The zero-order valence-corrected chi connectivity index (χ0v) is 12.7. The van der Waals surface area contributed by atoms with Crippen LogP contribution in [0.1, 0.15) is 26.3 Å². The van der Waals surface area contributed by atoms with Gasteiger partial charge >= 0.3 is 6.09 Å². The van der Waals surface area contributed by atoms with Crippen molar-refractivity contribution < 1.29 is 14.3 Å². The lowest BCUT2D eigenvalue weighted by atomic mass is 9.98. The molecule has 0 spiro atoms. The van der Waals surface area contributed by atoms with Crippen LogP contribution in [-0.2, 0) is 16.0 Å². The first-order valence-electron chi connectivity index (χ1n) is 6.83. The quantitative estimate of drug-likeness (QED) is 0.434. The topological polar surface area (TPSA) is 93.4 Å². The number of hydrazine groups is 1. The van der Waals surface area contributed by atoms with E-state index in [1.54, 1.807) is 20.8 Å². The summed E-state index contributed by atoms with van der Waals surface area (Å²) < 4.78 is 5.14. The fourth-order valence-electron chi connectivity index (χ4n) is 1.79. The number of rotatable bonds is 5. The van der Waals surface area contributed by atoms with Crippen LogP contribution in [0.4, 0.5) is 4.79 Å². The van der Waals surface area contributed by atoms with Gasteiger partial charge in [0.15, 0.2) is 0 Å². The Hall–Kier alpha value is -2.08. The summed E-state index contributed by atoms with van der Waals surface area (Å²) in [6.45, 7) is 5.49. The normalized spacial score (nSPS) is 12.4. The molecule has 116 valence electrons. The van der Waals surface area contributed by atoms with Gasteiger partial charge in [0.05, 0.1) is 5.92 Å². The average molecular weight is 293 g/mol. The van der Waals surface area contributed by atoms with Crippen molar-refractivity contribution in [2.24, 2.45) is 11.8 Å². The molecule has 1 aromatic rings. The van der Waals surface area contributed by atoms with Crippen LogP contribution in [0, 0.1) is 5.92 Å². The largest absolute Gasteiger partial charge is 0.444 e. The number of nitrogens with one attached hydrogen (secondary N) is 2. The van der Waals surface area contributed by atoms with Gasteiger partial charge in [-0.1, -0.05) is 30.3 Å². The fraction of sp³-hybridized carbons (Fsp3) is 0.467. The maximum atomic E-state index is 11.8. The molecule has 0 unspecified atom stereocenters. The lowest BCUT2D eigenvalue weighted by Crippen LogP contribution is -2.43. The molecule has 0 bridgehead atoms. The smallest absolute Gasteiger partial charge is 0.407 e. The summed E-state index contributed by atoms with van der Waals surface area (Å²) in [7, 11) is 0. The van der Waals surface area contributed by atoms with Gasteiger partial charge in [-0.05, 0) is 32.8 Å². The first-order chi connectivity index (χ1) is 9.81. The predicted molar refractivity (Wildman–Crippen MR) is 80.2 cm³/mol. The van der Waals surface area contributed by atoms with Gasteiger partial charge < -0.3 is 10.1 Å². The molecule has 1 atom stereocenters. The predicted octanol–water partition coefficient (Wildman–Crippen LogP) is 1.36. The molecule has 0 aliphatic rings. The Balaban J connectivity index is 2.59. The second kappa shape index (κ2) is 7.64.